The minimum Gasteiger partial charge on any atom is -0.382 e. The number of nitrogens with two attached hydrogens (primary N) is 1. The van der Waals surface area contributed by atoms with Crippen molar-refractivity contribution in [1.29, 1.82) is 0 Å². The molecule has 1 aromatic heterocycles. The van der Waals surface area contributed by atoms with Crippen LogP contribution in [0.15, 0.2) is 36.5 Å². The number of rotatable bonds is 10. The third-order valence-corrected chi connectivity index (χ3v) is 3.99. The van der Waals surface area contributed by atoms with Crippen molar-refractivity contribution in [3.63, 3.8) is 0 Å². The van der Waals surface area contributed by atoms with Gasteiger partial charge >= 0.3 is 0 Å². The molecule has 0 unspecified atom stereocenters. The van der Waals surface area contributed by atoms with E-state index >= 15 is 0 Å². The van der Waals surface area contributed by atoms with Crippen molar-refractivity contribution in [3.05, 3.63) is 47.0 Å². The van der Waals surface area contributed by atoms with Crippen LogP contribution in [0.4, 0.5) is 5.13 Å². The summed E-state index contributed by atoms with van der Waals surface area (Å²) < 4.78 is 10.6. The number of benzene rings is 1. The molecule has 2 N–H and O–H groups in total. The summed E-state index contributed by atoms with van der Waals surface area (Å²) in [4.78, 5) is 7.63. The maximum atomic E-state index is 5.71. The van der Waals surface area contributed by atoms with Gasteiger partial charge < -0.3 is 15.2 Å². The largest absolute Gasteiger partial charge is 0.382 e. The van der Waals surface area contributed by atoms with Crippen LogP contribution in [0.5, 0.6) is 0 Å². The van der Waals surface area contributed by atoms with Gasteiger partial charge in [-0.25, -0.2) is 4.98 Å². The van der Waals surface area contributed by atoms with Gasteiger partial charge in [0.25, 0.3) is 0 Å². The Hall–Kier alpha value is -1.18. The highest BCUT2D eigenvalue weighted by molar-refractivity contribution is 7.15. The van der Waals surface area contributed by atoms with Gasteiger partial charge in [-0.05, 0) is 5.56 Å². The number of aromatic nitrogens is 1. The zero-order valence-corrected chi connectivity index (χ0v) is 14.9. The maximum absolute atomic E-state index is 5.71. The van der Waals surface area contributed by atoms with E-state index in [0.717, 1.165) is 19.6 Å². The van der Waals surface area contributed by atoms with Crippen molar-refractivity contribution in [3.8, 4) is 0 Å². The second-order valence-corrected chi connectivity index (χ2v) is 6.11. The standard InChI is InChI=1S/C16H23N3O2S.ClH/c1-20-9-10-21-8-7-19(12-14-5-3-2-4-6-14)13-15-11-18-16(17)22-15;/h2-6,11H,7-10,12-13H2,1H3,(H2,17,18);1H. The van der Waals surface area contributed by atoms with Gasteiger partial charge in [-0.2, -0.15) is 0 Å². The minimum atomic E-state index is 0. The average molecular weight is 358 g/mol. The number of halogens is 1. The number of nitrogens with zero attached hydrogens (tertiary/aromatic N) is 2. The smallest absolute Gasteiger partial charge is 0.180 e. The average Bonchev–Trinajstić information content (AvgIpc) is 2.93. The lowest BCUT2D eigenvalue weighted by atomic mass is 10.2. The Labute approximate surface area is 147 Å². The molecule has 2 aromatic rings. The molecule has 0 aliphatic rings. The second-order valence-electron chi connectivity index (χ2n) is 4.97. The molecule has 0 saturated carbocycles. The van der Waals surface area contributed by atoms with E-state index in [4.69, 9.17) is 15.2 Å². The van der Waals surface area contributed by atoms with Crippen LogP contribution in [0.3, 0.4) is 0 Å². The third-order valence-electron chi connectivity index (χ3n) is 3.18. The van der Waals surface area contributed by atoms with Gasteiger partial charge in [0, 0.05) is 37.8 Å². The second kappa shape index (κ2) is 11.4. The van der Waals surface area contributed by atoms with Gasteiger partial charge in [-0.3, -0.25) is 4.90 Å². The Bertz CT molecular complexity index is 539. The first-order valence-corrected chi connectivity index (χ1v) is 8.12. The van der Waals surface area contributed by atoms with Crippen LogP contribution in [0.25, 0.3) is 0 Å². The number of thiazole rings is 1. The van der Waals surface area contributed by atoms with Crippen LogP contribution in [-0.4, -0.2) is 43.4 Å². The summed E-state index contributed by atoms with van der Waals surface area (Å²) in [6.45, 7) is 4.51. The Morgan fingerprint density at radius 2 is 1.91 bits per heavy atom. The first kappa shape index (κ1) is 19.9. The Balaban J connectivity index is 0.00000264. The molecule has 0 spiro atoms. The molecule has 128 valence electrons. The fourth-order valence-electron chi connectivity index (χ4n) is 2.11. The van der Waals surface area contributed by atoms with Crippen molar-refractivity contribution in [1.82, 2.24) is 9.88 Å². The van der Waals surface area contributed by atoms with Gasteiger partial charge in [0.2, 0.25) is 0 Å². The number of nitrogen functional groups attached to an aromatic ring is 1. The highest BCUT2D eigenvalue weighted by Crippen LogP contribution is 2.17. The number of hydrogen-bond acceptors (Lipinski definition) is 6. The summed E-state index contributed by atoms with van der Waals surface area (Å²) in [5.41, 5.74) is 7.00. The van der Waals surface area contributed by atoms with Gasteiger partial charge in [-0.15, -0.1) is 23.7 Å². The highest BCUT2D eigenvalue weighted by atomic mass is 35.5. The first-order valence-electron chi connectivity index (χ1n) is 7.31. The van der Waals surface area contributed by atoms with E-state index in [9.17, 15) is 0 Å². The number of ether oxygens (including phenoxy) is 2. The summed E-state index contributed by atoms with van der Waals surface area (Å²) >= 11 is 1.54. The van der Waals surface area contributed by atoms with Gasteiger partial charge in [-0.1, -0.05) is 30.3 Å². The summed E-state index contributed by atoms with van der Waals surface area (Å²) in [6, 6.07) is 10.4. The molecule has 0 aliphatic carbocycles. The van der Waals surface area contributed by atoms with Crippen LogP contribution in [-0.2, 0) is 22.6 Å². The van der Waals surface area contributed by atoms with E-state index in [0.29, 0.717) is 25.0 Å². The quantitative estimate of drug-likeness (QED) is 0.662. The molecule has 1 heterocycles. The fraction of sp³-hybridized carbons (Fsp3) is 0.438. The van der Waals surface area contributed by atoms with E-state index in [-0.39, 0.29) is 12.4 Å². The fourth-order valence-corrected chi connectivity index (χ4v) is 2.84. The first-order chi connectivity index (χ1) is 10.8. The van der Waals surface area contributed by atoms with Gasteiger partial charge in [0.05, 0.1) is 19.8 Å². The molecule has 0 fully saturated rings. The minimum absolute atomic E-state index is 0. The van der Waals surface area contributed by atoms with Crippen LogP contribution in [0.1, 0.15) is 10.4 Å². The Morgan fingerprint density at radius 3 is 2.57 bits per heavy atom. The predicted octanol–water partition coefficient (Wildman–Crippen LogP) is 2.81. The summed E-state index contributed by atoms with van der Waals surface area (Å²) in [7, 11) is 1.68. The molecule has 0 aliphatic heterocycles. The molecular weight excluding hydrogens is 334 g/mol. The molecule has 23 heavy (non-hydrogen) atoms. The molecule has 5 nitrogen and oxygen atoms in total. The van der Waals surface area contributed by atoms with Crippen molar-refractivity contribution in [2.45, 2.75) is 13.1 Å². The number of anilines is 1. The molecule has 7 heteroatoms. The van der Waals surface area contributed by atoms with E-state index in [2.05, 4.69) is 34.1 Å². The molecular formula is C16H24ClN3O2S. The number of hydrogen-bond donors (Lipinski definition) is 1. The summed E-state index contributed by atoms with van der Waals surface area (Å²) in [6.07, 6.45) is 1.85. The molecule has 0 atom stereocenters. The van der Waals surface area contributed by atoms with Crippen LogP contribution in [0, 0.1) is 0 Å². The zero-order valence-electron chi connectivity index (χ0n) is 13.3. The molecule has 2 rings (SSSR count). The van der Waals surface area contributed by atoms with Gasteiger partial charge in [0.15, 0.2) is 5.13 Å². The normalized spacial score (nSPS) is 10.7. The van der Waals surface area contributed by atoms with E-state index in [1.54, 1.807) is 7.11 Å². The predicted molar refractivity (Wildman–Crippen MR) is 97.0 cm³/mol. The van der Waals surface area contributed by atoms with Crippen molar-refractivity contribution >= 4 is 28.9 Å². The van der Waals surface area contributed by atoms with Crippen molar-refractivity contribution in [2.75, 3.05) is 39.2 Å². The summed E-state index contributed by atoms with van der Waals surface area (Å²) in [5.74, 6) is 0. The summed E-state index contributed by atoms with van der Waals surface area (Å²) in [5, 5.41) is 0.617. The van der Waals surface area contributed by atoms with Crippen molar-refractivity contribution < 1.29 is 9.47 Å². The molecule has 0 saturated heterocycles. The van der Waals surface area contributed by atoms with Crippen molar-refractivity contribution in [2.24, 2.45) is 0 Å². The number of methoxy groups -OCH3 is 1. The van der Waals surface area contributed by atoms with E-state index in [1.165, 1.54) is 21.8 Å². The van der Waals surface area contributed by atoms with Crippen LogP contribution >= 0.6 is 23.7 Å². The van der Waals surface area contributed by atoms with E-state index < -0.39 is 0 Å². The molecule has 1 aromatic carbocycles. The maximum Gasteiger partial charge on any atom is 0.180 e. The lowest BCUT2D eigenvalue weighted by Gasteiger charge is -2.21. The van der Waals surface area contributed by atoms with Crippen LogP contribution < -0.4 is 5.73 Å². The highest BCUT2D eigenvalue weighted by Gasteiger charge is 2.09. The van der Waals surface area contributed by atoms with E-state index in [1.807, 2.05) is 12.3 Å². The molecule has 0 bridgehead atoms. The Morgan fingerprint density at radius 1 is 1.13 bits per heavy atom. The lowest BCUT2D eigenvalue weighted by molar-refractivity contribution is 0.0548. The Kier molecular flexibility index (Phi) is 9.82. The molecule has 0 amide bonds. The monoisotopic (exact) mass is 357 g/mol. The SMILES string of the molecule is COCCOCCN(Cc1ccccc1)Cc1cnc(N)s1.Cl. The molecule has 0 radical (unpaired) electrons. The lowest BCUT2D eigenvalue weighted by Crippen LogP contribution is -2.27. The zero-order chi connectivity index (χ0) is 15.6. The third kappa shape index (κ3) is 7.76. The van der Waals surface area contributed by atoms with Crippen LogP contribution in [0.2, 0.25) is 0 Å². The topological polar surface area (TPSA) is 60.6 Å². The van der Waals surface area contributed by atoms with Gasteiger partial charge in [0.1, 0.15) is 0 Å².